The SMILES string of the molecule is Cc1ccc(/C=C/C(=O)NC(=S)NNC(=O)c2ccccc2)o1. The molecule has 2 rings (SSSR count). The van der Waals surface area contributed by atoms with Crippen LogP contribution in [0.25, 0.3) is 6.08 Å². The summed E-state index contributed by atoms with van der Waals surface area (Å²) in [4.78, 5) is 23.4. The Morgan fingerprint density at radius 3 is 2.48 bits per heavy atom. The summed E-state index contributed by atoms with van der Waals surface area (Å²) in [6.07, 6.45) is 2.80. The van der Waals surface area contributed by atoms with Gasteiger partial charge in [0, 0.05) is 11.6 Å². The Hall–Kier alpha value is -2.93. The molecular weight excluding hydrogens is 314 g/mol. The Labute approximate surface area is 138 Å². The van der Waals surface area contributed by atoms with E-state index in [9.17, 15) is 9.59 Å². The predicted octanol–water partition coefficient (Wildman–Crippen LogP) is 1.94. The van der Waals surface area contributed by atoms with E-state index in [1.807, 2.05) is 13.0 Å². The zero-order valence-corrected chi connectivity index (χ0v) is 13.1. The minimum absolute atomic E-state index is 0.0143. The summed E-state index contributed by atoms with van der Waals surface area (Å²) in [7, 11) is 0. The van der Waals surface area contributed by atoms with Gasteiger partial charge in [-0.2, -0.15) is 0 Å². The Balaban J connectivity index is 1.77. The van der Waals surface area contributed by atoms with E-state index >= 15 is 0 Å². The molecule has 0 fully saturated rings. The lowest BCUT2D eigenvalue weighted by atomic mass is 10.2. The number of nitrogens with one attached hydrogen (secondary N) is 3. The number of hydrogen-bond acceptors (Lipinski definition) is 4. The maximum atomic E-state index is 11.8. The normalized spacial score (nSPS) is 10.3. The molecule has 0 atom stereocenters. The third-order valence-electron chi connectivity index (χ3n) is 2.72. The average Bonchev–Trinajstić information content (AvgIpc) is 2.97. The molecule has 0 saturated carbocycles. The van der Waals surface area contributed by atoms with Crippen LogP contribution in [0.3, 0.4) is 0 Å². The lowest BCUT2D eigenvalue weighted by molar-refractivity contribution is -0.115. The Morgan fingerprint density at radius 1 is 1.09 bits per heavy atom. The number of hydrogen-bond donors (Lipinski definition) is 3. The summed E-state index contributed by atoms with van der Waals surface area (Å²) in [6.45, 7) is 1.81. The van der Waals surface area contributed by atoms with Gasteiger partial charge in [0.25, 0.3) is 5.91 Å². The zero-order valence-electron chi connectivity index (χ0n) is 12.3. The van der Waals surface area contributed by atoms with Gasteiger partial charge in [-0.05, 0) is 49.5 Å². The Bertz CT molecular complexity index is 738. The largest absolute Gasteiger partial charge is 0.462 e. The first kappa shape index (κ1) is 16.4. The summed E-state index contributed by atoms with van der Waals surface area (Å²) in [5.74, 6) is 0.522. The number of aryl methyl sites for hydroxylation is 1. The van der Waals surface area contributed by atoms with Crippen LogP contribution in [0.1, 0.15) is 21.9 Å². The van der Waals surface area contributed by atoms with Gasteiger partial charge in [-0.3, -0.25) is 25.8 Å². The molecule has 0 spiro atoms. The second-order valence-electron chi connectivity index (χ2n) is 4.55. The number of amides is 2. The summed E-state index contributed by atoms with van der Waals surface area (Å²) in [5.41, 5.74) is 5.32. The number of carbonyl (C=O) groups excluding carboxylic acids is 2. The van der Waals surface area contributed by atoms with E-state index in [-0.39, 0.29) is 11.0 Å². The summed E-state index contributed by atoms with van der Waals surface area (Å²) in [5, 5.41) is 2.39. The topological polar surface area (TPSA) is 83.4 Å². The average molecular weight is 329 g/mol. The number of thiocarbonyl (C=S) groups is 1. The second-order valence-corrected chi connectivity index (χ2v) is 4.95. The van der Waals surface area contributed by atoms with Crippen LogP contribution < -0.4 is 16.2 Å². The summed E-state index contributed by atoms with van der Waals surface area (Å²) >= 11 is 4.92. The van der Waals surface area contributed by atoms with Crippen LogP contribution in [0.2, 0.25) is 0 Å². The molecule has 6 nitrogen and oxygen atoms in total. The van der Waals surface area contributed by atoms with E-state index in [2.05, 4.69) is 16.2 Å². The van der Waals surface area contributed by atoms with Crippen LogP contribution in [-0.4, -0.2) is 16.9 Å². The van der Waals surface area contributed by atoms with Crippen LogP contribution in [-0.2, 0) is 4.79 Å². The third-order valence-corrected chi connectivity index (χ3v) is 2.93. The first-order valence-corrected chi connectivity index (χ1v) is 7.16. The van der Waals surface area contributed by atoms with Gasteiger partial charge in [-0.1, -0.05) is 18.2 Å². The number of furan rings is 1. The van der Waals surface area contributed by atoms with E-state index in [0.29, 0.717) is 11.3 Å². The molecule has 7 heteroatoms. The molecule has 23 heavy (non-hydrogen) atoms. The maximum absolute atomic E-state index is 11.8. The molecule has 0 aliphatic heterocycles. The monoisotopic (exact) mass is 329 g/mol. The molecule has 2 amide bonds. The van der Waals surface area contributed by atoms with E-state index in [1.165, 1.54) is 12.2 Å². The molecule has 2 aromatic rings. The van der Waals surface area contributed by atoms with E-state index in [0.717, 1.165) is 5.76 Å². The quantitative estimate of drug-likeness (QED) is 0.455. The molecule has 0 saturated heterocycles. The van der Waals surface area contributed by atoms with Crippen molar-refractivity contribution in [1.29, 1.82) is 0 Å². The summed E-state index contributed by atoms with van der Waals surface area (Å²) < 4.78 is 5.29. The van der Waals surface area contributed by atoms with Crippen LogP contribution in [0.4, 0.5) is 0 Å². The van der Waals surface area contributed by atoms with E-state index < -0.39 is 5.91 Å². The maximum Gasteiger partial charge on any atom is 0.269 e. The molecule has 3 N–H and O–H groups in total. The van der Waals surface area contributed by atoms with Crippen molar-refractivity contribution in [1.82, 2.24) is 16.2 Å². The van der Waals surface area contributed by atoms with Crippen LogP contribution in [0, 0.1) is 6.92 Å². The molecule has 1 aromatic carbocycles. The first-order valence-electron chi connectivity index (χ1n) is 6.75. The molecule has 0 aliphatic rings. The van der Waals surface area contributed by atoms with Gasteiger partial charge in [-0.25, -0.2) is 0 Å². The standard InChI is InChI=1S/C16H15N3O3S/c1-11-7-8-13(22-11)9-10-14(20)17-16(23)19-18-15(21)12-5-3-2-4-6-12/h2-10H,1H3,(H,18,21)(H2,17,19,20,23)/b10-9+. The smallest absolute Gasteiger partial charge is 0.269 e. The lowest BCUT2D eigenvalue weighted by Gasteiger charge is -2.09. The number of rotatable bonds is 3. The number of benzene rings is 1. The van der Waals surface area contributed by atoms with Crippen molar-refractivity contribution in [3.8, 4) is 0 Å². The molecule has 0 unspecified atom stereocenters. The fourth-order valence-corrected chi connectivity index (χ4v) is 1.81. The highest BCUT2D eigenvalue weighted by Gasteiger charge is 2.05. The van der Waals surface area contributed by atoms with Crippen molar-refractivity contribution in [2.75, 3.05) is 0 Å². The highest BCUT2D eigenvalue weighted by molar-refractivity contribution is 7.80. The van der Waals surface area contributed by atoms with E-state index in [4.69, 9.17) is 16.6 Å². The molecule has 0 bridgehead atoms. The number of hydrazine groups is 1. The highest BCUT2D eigenvalue weighted by Crippen LogP contribution is 2.07. The zero-order chi connectivity index (χ0) is 16.7. The van der Waals surface area contributed by atoms with Crippen molar-refractivity contribution in [2.45, 2.75) is 6.92 Å². The van der Waals surface area contributed by atoms with Gasteiger partial charge in [-0.15, -0.1) is 0 Å². The Morgan fingerprint density at radius 2 is 1.83 bits per heavy atom. The van der Waals surface area contributed by atoms with Gasteiger partial charge >= 0.3 is 0 Å². The Kier molecular flexibility index (Phi) is 5.65. The number of carbonyl (C=O) groups is 2. The predicted molar refractivity (Wildman–Crippen MR) is 90.3 cm³/mol. The van der Waals surface area contributed by atoms with Gasteiger partial charge in [0.15, 0.2) is 5.11 Å². The van der Waals surface area contributed by atoms with Crippen molar-refractivity contribution < 1.29 is 14.0 Å². The lowest BCUT2D eigenvalue weighted by Crippen LogP contribution is -2.48. The molecular formula is C16H15N3O3S. The van der Waals surface area contributed by atoms with Gasteiger partial charge in [0.2, 0.25) is 5.91 Å². The third kappa shape index (κ3) is 5.40. The molecule has 1 heterocycles. The first-order chi connectivity index (χ1) is 11.0. The minimum Gasteiger partial charge on any atom is -0.462 e. The van der Waals surface area contributed by atoms with Crippen molar-refractivity contribution >= 4 is 35.2 Å². The van der Waals surface area contributed by atoms with Crippen molar-refractivity contribution in [3.05, 3.63) is 65.6 Å². The molecule has 1 aromatic heterocycles. The van der Waals surface area contributed by atoms with Crippen LogP contribution >= 0.6 is 12.2 Å². The summed E-state index contributed by atoms with van der Waals surface area (Å²) in [6, 6.07) is 12.2. The van der Waals surface area contributed by atoms with Crippen LogP contribution in [0.15, 0.2) is 53.0 Å². The molecule has 0 radical (unpaired) electrons. The van der Waals surface area contributed by atoms with Crippen molar-refractivity contribution in [3.63, 3.8) is 0 Å². The molecule has 118 valence electrons. The minimum atomic E-state index is -0.439. The van der Waals surface area contributed by atoms with Crippen molar-refractivity contribution in [2.24, 2.45) is 0 Å². The van der Waals surface area contributed by atoms with Gasteiger partial charge in [0.05, 0.1) is 0 Å². The van der Waals surface area contributed by atoms with E-state index in [1.54, 1.807) is 36.4 Å². The van der Waals surface area contributed by atoms with Gasteiger partial charge in [0.1, 0.15) is 11.5 Å². The van der Waals surface area contributed by atoms with Crippen LogP contribution in [0.5, 0.6) is 0 Å². The van der Waals surface area contributed by atoms with Gasteiger partial charge < -0.3 is 4.42 Å². The fraction of sp³-hybridized carbons (Fsp3) is 0.0625. The fourth-order valence-electron chi connectivity index (χ4n) is 1.66. The second kappa shape index (κ2) is 7.90. The highest BCUT2D eigenvalue weighted by atomic mass is 32.1. The molecule has 0 aliphatic carbocycles.